The molecule has 0 aromatic rings. The number of carboxylic acid groups (broad SMARTS) is 1. The van der Waals surface area contributed by atoms with Gasteiger partial charge in [-0.15, -0.1) is 0 Å². The molecule has 1 spiro atoms. The molecule has 0 amide bonds. The van der Waals surface area contributed by atoms with Crippen molar-refractivity contribution in [2.75, 3.05) is 0 Å². The Kier molecular flexibility index (Phi) is 5.30. The van der Waals surface area contributed by atoms with E-state index < -0.39 is 34.5 Å². The average molecular weight is 388 g/mol. The summed E-state index contributed by atoms with van der Waals surface area (Å²) in [6.07, 6.45) is -3.61. The predicted molar refractivity (Wildman–Crippen MR) is 90.5 cm³/mol. The molecular formula is C19H23F3O5. The monoisotopic (exact) mass is 388 g/mol. The minimum atomic E-state index is -4.94. The standard InChI is InChI=1S/C19H23F3O5/c1-11-9-17(26-12(2)13(3)27-17)10-16(4,5)18(11,25)7-6-14(8-15(23)24)19(20,21)22/h8-9,12-13,25H,10H2,1-5H3,(H,23,24)/b14-8-. The molecule has 0 saturated carbocycles. The van der Waals surface area contributed by atoms with Gasteiger partial charge in [-0.2, -0.15) is 13.2 Å². The van der Waals surface area contributed by atoms with Gasteiger partial charge in [0.1, 0.15) is 5.57 Å². The number of hydrogen-bond acceptors (Lipinski definition) is 4. The van der Waals surface area contributed by atoms with E-state index in [2.05, 4.69) is 5.92 Å². The lowest BCUT2D eigenvalue weighted by atomic mass is 9.63. The Morgan fingerprint density at radius 2 is 1.81 bits per heavy atom. The number of ether oxygens (including phenoxy) is 2. The number of alkyl halides is 3. The molecule has 2 aliphatic rings. The number of hydrogen-bond donors (Lipinski definition) is 2. The van der Waals surface area contributed by atoms with E-state index in [9.17, 15) is 23.1 Å². The van der Waals surface area contributed by atoms with Crippen molar-refractivity contribution in [1.29, 1.82) is 0 Å². The molecule has 2 rings (SSSR count). The summed E-state index contributed by atoms with van der Waals surface area (Å²) >= 11 is 0. The van der Waals surface area contributed by atoms with Crippen molar-refractivity contribution in [2.24, 2.45) is 5.41 Å². The molecule has 1 heterocycles. The SMILES string of the molecule is CC1=CC2(CC(C)(C)C1(O)C#C/C(=C/C(=O)O)C(F)(F)F)OC(C)C(C)O2. The molecule has 0 radical (unpaired) electrons. The quantitative estimate of drug-likeness (QED) is 0.410. The topological polar surface area (TPSA) is 76.0 Å². The third kappa shape index (κ3) is 4.05. The molecule has 0 aromatic heterocycles. The zero-order valence-corrected chi connectivity index (χ0v) is 15.8. The maximum atomic E-state index is 13.0. The van der Waals surface area contributed by atoms with Crippen LogP contribution in [0.25, 0.3) is 0 Å². The van der Waals surface area contributed by atoms with Gasteiger partial charge in [-0.05, 0) is 32.4 Å². The molecule has 3 unspecified atom stereocenters. The van der Waals surface area contributed by atoms with Crippen molar-refractivity contribution >= 4 is 5.97 Å². The van der Waals surface area contributed by atoms with Gasteiger partial charge in [-0.1, -0.05) is 25.7 Å². The molecule has 0 aromatic carbocycles. The lowest BCUT2D eigenvalue weighted by Gasteiger charge is -2.48. The van der Waals surface area contributed by atoms with E-state index >= 15 is 0 Å². The van der Waals surface area contributed by atoms with Crippen molar-refractivity contribution in [1.82, 2.24) is 0 Å². The number of rotatable bonds is 1. The van der Waals surface area contributed by atoms with Gasteiger partial charge in [0, 0.05) is 17.9 Å². The van der Waals surface area contributed by atoms with Crippen LogP contribution in [0.3, 0.4) is 0 Å². The lowest BCUT2D eigenvalue weighted by molar-refractivity contribution is -0.182. The Balaban J connectivity index is 2.50. The zero-order valence-electron chi connectivity index (χ0n) is 15.8. The molecule has 1 saturated heterocycles. The fourth-order valence-electron chi connectivity index (χ4n) is 3.50. The molecule has 27 heavy (non-hydrogen) atoms. The highest BCUT2D eigenvalue weighted by atomic mass is 19.4. The van der Waals surface area contributed by atoms with Gasteiger partial charge in [-0.3, -0.25) is 0 Å². The Labute approximate surface area is 155 Å². The largest absolute Gasteiger partial charge is 0.478 e. The van der Waals surface area contributed by atoms with Gasteiger partial charge in [-0.25, -0.2) is 4.79 Å². The number of carbonyl (C=O) groups is 1. The first kappa shape index (κ1) is 21.5. The summed E-state index contributed by atoms with van der Waals surface area (Å²) in [4.78, 5) is 10.7. The molecule has 2 N–H and O–H groups in total. The van der Waals surface area contributed by atoms with Crippen LogP contribution in [-0.4, -0.2) is 46.0 Å². The zero-order chi connectivity index (χ0) is 20.8. The first-order valence-corrected chi connectivity index (χ1v) is 8.45. The third-order valence-electron chi connectivity index (χ3n) is 5.06. The van der Waals surface area contributed by atoms with Gasteiger partial charge >= 0.3 is 12.1 Å². The van der Waals surface area contributed by atoms with E-state index in [0.29, 0.717) is 0 Å². The Morgan fingerprint density at radius 3 is 2.22 bits per heavy atom. The van der Waals surface area contributed by atoms with Gasteiger partial charge in [0.2, 0.25) is 0 Å². The van der Waals surface area contributed by atoms with E-state index in [4.69, 9.17) is 14.6 Å². The first-order chi connectivity index (χ1) is 12.1. The second kappa shape index (κ2) is 6.66. The van der Waals surface area contributed by atoms with Gasteiger partial charge in [0.15, 0.2) is 11.4 Å². The smallest absolute Gasteiger partial charge is 0.424 e. The van der Waals surface area contributed by atoms with Crippen molar-refractivity contribution in [3.8, 4) is 11.8 Å². The van der Waals surface area contributed by atoms with Crippen molar-refractivity contribution in [2.45, 2.75) is 70.8 Å². The van der Waals surface area contributed by atoms with E-state index in [0.717, 1.165) is 0 Å². The summed E-state index contributed by atoms with van der Waals surface area (Å²) in [5, 5.41) is 19.7. The summed E-state index contributed by atoms with van der Waals surface area (Å²) in [5.74, 6) is 1.22. The lowest BCUT2D eigenvalue weighted by Crippen LogP contribution is -2.53. The van der Waals surface area contributed by atoms with Gasteiger partial charge in [0.25, 0.3) is 0 Å². The normalized spacial score (nSPS) is 36.2. The van der Waals surface area contributed by atoms with Crippen LogP contribution in [0.5, 0.6) is 0 Å². The summed E-state index contributed by atoms with van der Waals surface area (Å²) in [6, 6.07) is 0. The summed E-state index contributed by atoms with van der Waals surface area (Å²) in [5.41, 5.74) is -4.20. The summed E-state index contributed by atoms with van der Waals surface area (Å²) < 4.78 is 50.8. The molecule has 0 bridgehead atoms. The molecular weight excluding hydrogens is 365 g/mol. The highest BCUT2D eigenvalue weighted by Crippen LogP contribution is 2.51. The Bertz CT molecular complexity index is 744. The molecule has 1 aliphatic heterocycles. The van der Waals surface area contributed by atoms with Crippen LogP contribution < -0.4 is 0 Å². The number of aliphatic carboxylic acids is 1. The second-order valence-corrected chi connectivity index (χ2v) is 7.70. The van der Waals surface area contributed by atoms with Crippen molar-refractivity contribution < 1.29 is 37.7 Å². The van der Waals surface area contributed by atoms with Crippen molar-refractivity contribution in [3.63, 3.8) is 0 Å². The molecule has 3 atom stereocenters. The number of allylic oxidation sites excluding steroid dienone is 1. The fraction of sp³-hybridized carbons (Fsp3) is 0.632. The molecule has 1 aliphatic carbocycles. The summed E-state index contributed by atoms with van der Waals surface area (Å²) in [6.45, 7) is 8.53. The Hall–Kier alpha value is -1.82. The molecule has 8 heteroatoms. The third-order valence-corrected chi connectivity index (χ3v) is 5.06. The van der Waals surface area contributed by atoms with Gasteiger partial charge in [0.05, 0.1) is 12.2 Å². The minimum absolute atomic E-state index is 0.0146. The Morgan fingerprint density at radius 1 is 1.30 bits per heavy atom. The van der Waals surface area contributed by atoms with E-state index in [-0.39, 0.29) is 30.3 Å². The maximum absolute atomic E-state index is 13.0. The maximum Gasteiger partial charge on any atom is 0.424 e. The fourth-order valence-corrected chi connectivity index (χ4v) is 3.50. The minimum Gasteiger partial charge on any atom is -0.478 e. The predicted octanol–water partition coefficient (Wildman–Crippen LogP) is 3.19. The van der Waals surface area contributed by atoms with E-state index in [1.165, 1.54) is 6.92 Å². The van der Waals surface area contributed by atoms with E-state index in [1.54, 1.807) is 19.9 Å². The van der Waals surface area contributed by atoms with Crippen LogP contribution in [0, 0.1) is 17.3 Å². The van der Waals surface area contributed by atoms with Crippen LogP contribution in [0.1, 0.15) is 41.0 Å². The average Bonchev–Trinajstić information content (AvgIpc) is 2.73. The van der Waals surface area contributed by atoms with Crippen LogP contribution in [0.4, 0.5) is 13.2 Å². The van der Waals surface area contributed by atoms with Crippen LogP contribution in [-0.2, 0) is 14.3 Å². The van der Waals surface area contributed by atoms with E-state index in [1.807, 2.05) is 19.8 Å². The highest BCUT2D eigenvalue weighted by Gasteiger charge is 2.57. The van der Waals surface area contributed by atoms with Crippen LogP contribution in [0.2, 0.25) is 0 Å². The number of halogens is 3. The second-order valence-electron chi connectivity index (χ2n) is 7.70. The number of aliphatic hydroxyl groups is 1. The highest BCUT2D eigenvalue weighted by molar-refractivity contribution is 5.82. The summed E-state index contributed by atoms with van der Waals surface area (Å²) in [7, 11) is 0. The van der Waals surface area contributed by atoms with Crippen molar-refractivity contribution in [3.05, 3.63) is 23.3 Å². The molecule has 150 valence electrons. The number of carboxylic acids is 1. The molecule has 5 nitrogen and oxygen atoms in total. The van der Waals surface area contributed by atoms with Crippen LogP contribution >= 0.6 is 0 Å². The molecule has 1 fully saturated rings. The first-order valence-electron chi connectivity index (χ1n) is 8.45. The van der Waals surface area contributed by atoms with Crippen LogP contribution in [0.15, 0.2) is 23.3 Å². The van der Waals surface area contributed by atoms with Gasteiger partial charge < -0.3 is 19.7 Å².